The number of rotatable bonds is 0. The molecule has 0 aliphatic heterocycles. The summed E-state index contributed by atoms with van der Waals surface area (Å²) in [7, 11) is 0. The van der Waals surface area contributed by atoms with Gasteiger partial charge in [0, 0.05) is 6.42 Å². The molecule has 0 aromatic heterocycles. The van der Waals surface area contributed by atoms with Crippen LogP contribution < -0.4 is 0 Å². The van der Waals surface area contributed by atoms with E-state index in [1.807, 2.05) is 6.08 Å². The molecule has 64 valence electrons. The molecule has 1 atom stereocenters. The summed E-state index contributed by atoms with van der Waals surface area (Å²) in [5.41, 5.74) is 2.71. The van der Waals surface area contributed by atoms with Crippen LogP contribution in [0.2, 0.25) is 0 Å². The highest BCUT2D eigenvalue weighted by atomic mass is 16.1. The number of ketones is 1. The third kappa shape index (κ3) is 1.36. The van der Waals surface area contributed by atoms with E-state index in [0.717, 1.165) is 12.8 Å². The van der Waals surface area contributed by atoms with Crippen LogP contribution in [0.3, 0.4) is 0 Å². The Labute approximate surface area is 73.2 Å². The lowest BCUT2D eigenvalue weighted by molar-refractivity contribution is -0.115. The fourth-order valence-electron chi connectivity index (χ4n) is 2.09. The lowest BCUT2D eigenvalue weighted by atomic mass is 9.79. The van der Waals surface area contributed by atoms with Gasteiger partial charge in [-0.25, -0.2) is 0 Å². The summed E-state index contributed by atoms with van der Waals surface area (Å²) >= 11 is 0. The summed E-state index contributed by atoms with van der Waals surface area (Å²) < 4.78 is 0. The van der Waals surface area contributed by atoms with Crippen molar-refractivity contribution in [2.45, 2.75) is 32.6 Å². The minimum atomic E-state index is 0.312. The maximum Gasteiger partial charge on any atom is 0.155 e. The van der Waals surface area contributed by atoms with Crippen molar-refractivity contribution >= 4 is 5.78 Å². The molecule has 0 radical (unpaired) electrons. The van der Waals surface area contributed by atoms with Crippen LogP contribution in [0.4, 0.5) is 0 Å². The van der Waals surface area contributed by atoms with E-state index in [9.17, 15) is 4.79 Å². The van der Waals surface area contributed by atoms with Gasteiger partial charge in [0.1, 0.15) is 0 Å². The Bertz CT molecular complexity index is 271. The predicted octanol–water partition coefficient (Wildman–Crippen LogP) is 2.63. The van der Waals surface area contributed by atoms with Crippen LogP contribution in [-0.4, -0.2) is 5.78 Å². The monoisotopic (exact) mass is 162 g/mol. The molecule has 0 aromatic carbocycles. The molecule has 1 nitrogen and oxygen atoms in total. The largest absolute Gasteiger partial charge is 0.295 e. The minimum Gasteiger partial charge on any atom is -0.295 e. The highest BCUT2D eigenvalue weighted by Gasteiger charge is 2.22. The summed E-state index contributed by atoms with van der Waals surface area (Å²) in [6.07, 6.45) is 8.36. The number of carbonyl (C=O) groups is 1. The van der Waals surface area contributed by atoms with Crippen molar-refractivity contribution < 1.29 is 4.79 Å². The van der Waals surface area contributed by atoms with Crippen LogP contribution in [0.25, 0.3) is 0 Å². The molecule has 2 aliphatic rings. The first kappa shape index (κ1) is 7.78. The average Bonchev–Trinajstić information content (AvgIpc) is 2.03. The molecule has 0 amide bonds. The van der Waals surface area contributed by atoms with Crippen molar-refractivity contribution in [3.8, 4) is 0 Å². The zero-order valence-electron chi connectivity index (χ0n) is 7.47. The number of allylic oxidation sites excluding steroid dienone is 4. The van der Waals surface area contributed by atoms with Gasteiger partial charge in [-0.15, -0.1) is 0 Å². The molecule has 0 heterocycles. The smallest absolute Gasteiger partial charge is 0.155 e. The normalized spacial score (nSPS) is 29.1. The predicted molar refractivity (Wildman–Crippen MR) is 48.8 cm³/mol. The standard InChI is InChI=1S/C11H14O/c1-8-2-3-9-4-5-11(12)7-10(9)6-8/h6-7,9H,2-5H2,1H3. The van der Waals surface area contributed by atoms with Crippen LogP contribution in [-0.2, 0) is 4.79 Å². The highest BCUT2D eigenvalue weighted by molar-refractivity contribution is 5.91. The zero-order valence-corrected chi connectivity index (χ0v) is 7.47. The maximum atomic E-state index is 11.1. The summed E-state index contributed by atoms with van der Waals surface area (Å²) in [6.45, 7) is 2.15. The SMILES string of the molecule is CC1=CC2=CC(=O)CCC2CC1. The van der Waals surface area contributed by atoms with E-state index in [2.05, 4.69) is 13.0 Å². The Morgan fingerprint density at radius 1 is 1.25 bits per heavy atom. The summed E-state index contributed by atoms with van der Waals surface area (Å²) in [6, 6.07) is 0. The van der Waals surface area contributed by atoms with E-state index in [-0.39, 0.29) is 0 Å². The van der Waals surface area contributed by atoms with Gasteiger partial charge in [0.2, 0.25) is 0 Å². The first-order chi connectivity index (χ1) is 5.75. The van der Waals surface area contributed by atoms with Gasteiger partial charge in [-0.1, -0.05) is 11.6 Å². The van der Waals surface area contributed by atoms with E-state index in [1.54, 1.807) is 0 Å². The number of hydrogen-bond acceptors (Lipinski definition) is 1. The zero-order chi connectivity index (χ0) is 8.55. The Balaban J connectivity index is 2.31. The number of hydrogen-bond donors (Lipinski definition) is 0. The van der Waals surface area contributed by atoms with Crippen LogP contribution in [0.1, 0.15) is 32.6 Å². The third-order valence-corrected chi connectivity index (χ3v) is 2.84. The van der Waals surface area contributed by atoms with Gasteiger partial charge in [-0.05, 0) is 43.8 Å². The van der Waals surface area contributed by atoms with Crippen molar-refractivity contribution in [1.29, 1.82) is 0 Å². The Hall–Kier alpha value is -0.850. The number of carbonyl (C=O) groups excluding carboxylic acids is 1. The van der Waals surface area contributed by atoms with Crippen LogP contribution >= 0.6 is 0 Å². The molecule has 0 aromatic rings. The molecule has 0 N–H and O–H groups in total. The van der Waals surface area contributed by atoms with Gasteiger partial charge >= 0.3 is 0 Å². The molecular weight excluding hydrogens is 148 g/mol. The van der Waals surface area contributed by atoms with Gasteiger partial charge in [0.15, 0.2) is 5.78 Å². The summed E-state index contributed by atoms with van der Waals surface area (Å²) in [5, 5.41) is 0. The van der Waals surface area contributed by atoms with Crippen molar-refractivity contribution in [3.63, 3.8) is 0 Å². The molecule has 2 rings (SSSR count). The molecule has 1 heteroatoms. The van der Waals surface area contributed by atoms with Crippen LogP contribution in [0.5, 0.6) is 0 Å². The second-order valence-corrected chi connectivity index (χ2v) is 3.88. The molecule has 0 spiro atoms. The molecule has 0 saturated heterocycles. The molecule has 1 unspecified atom stereocenters. The topological polar surface area (TPSA) is 17.1 Å². The third-order valence-electron chi connectivity index (χ3n) is 2.84. The molecule has 2 aliphatic carbocycles. The average molecular weight is 162 g/mol. The summed E-state index contributed by atoms with van der Waals surface area (Å²) in [5.74, 6) is 0.999. The first-order valence-electron chi connectivity index (χ1n) is 4.67. The van der Waals surface area contributed by atoms with Crippen molar-refractivity contribution in [2.24, 2.45) is 5.92 Å². The maximum absolute atomic E-state index is 11.1. The Kier molecular flexibility index (Phi) is 1.87. The summed E-state index contributed by atoms with van der Waals surface area (Å²) in [4.78, 5) is 11.1. The molecule has 0 fully saturated rings. The second kappa shape index (κ2) is 2.89. The second-order valence-electron chi connectivity index (χ2n) is 3.88. The van der Waals surface area contributed by atoms with Gasteiger partial charge in [-0.2, -0.15) is 0 Å². The van der Waals surface area contributed by atoms with E-state index >= 15 is 0 Å². The number of fused-ring (bicyclic) bond motifs is 1. The van der Waals surface area contributed by atoms with Gasteiger partial charge in [0.05, 0.1) is 0 Å². The van der Waals surface area contributed by atoms with Gasteiger partial charge in [0.25, 0.3) is 0 Å². The Morgan fingerprint density at radius 3 is 2.83 bits per heavy atom. The molecule has 12 heavy (non-hydrogen) atoms. The fourth-order valence-corrected chi connectivity index (χ4v) is 2.09. The van der Waals surface area contributed by atoms with Crippen molar-refractivity contribution in [3.05, 3.63) is 23.3 Å². The Morgan fingerprint density at radius 2 is 2.00 bits per heavy atom. The fraction of sp³-hybridized carbons (Fsp3) is 0.545. The molecular formula is C11H14O. The van der Waals surface area contributed by atoms with E-state index < -0.39 is 0 Å². The lowest BCUT2D eigenvalue weighted by Gasteiger charge is -2.26. The van der Waals surface area contributed by atoms with E-state index in [1.165, 1.54) is 24.0 Å². The van der Waals surface area contributed by atoms with E-state index in [4.69, 9.17) is 0 Å². The minimum absolute atomic E-state index is 0.312. The van der Waals surface area contributed by atoms with Crippen molar-refractivity contribution in [2.75, 3.05) is 0 Å². The lowest BCUT2D eigenvalue weighted by Crippen LogP contribution is -2.16. The molecule has 0 bridgehead atoms. The van der Waals surface area contributed by atoms with Crippen LogP contribution in [0, 0.1) is 5.92 Å². The van der Waals surface area contributed by atoms with Crippen LogP contribution in [0.15, 0.2) is 23.3 Å². The first-order valence-corrected chi connectivity index (χ1v) is 4.67. The van der Waals surface area contributed by atoms with E-state index in [0.29, 0.717) is 11.7 Å². The van der Waals surface area contributed by atoms with Crippen molar-refractivity contribution in [1.82, 2.24) is 0 Å². The van der Waals surface area contributed by atoms with Gasteiger partial charge < -0.3 is 0 Å². The molecule has 0 saturated carbocycles. The highest BCUT2D eigenvalue weighted by Crippen LogP contribution is 2.34. The quantitative estimate of drug-likeness (QED) is 0.535. The van der Waals surface area contributed by atoms with Gasteiger partial charge in [-0.3, -0.25) is 4.79 Å².